The van der Waals surface area contributed by atoms with Crippen molar-refractivity contribution in [3.63, 3.8) is 0 Å². The monoisotopic (exact) mass is 250 g/mol. The molecular formula is C11H14N4OS. The number of para-hydroxylation sites is 1. The molecule has 0 aliphatic rings. The van der Waals surface area contributed by atoms with Crippen molar-refractivity contribution in [1.82, 2.24) is 14.8 Å². The predicted molar refractivity (Wildman–Crippen MR) is 68.7 cm³/mol. The van der Waals surface area contributed by atoms with Crippen molar-refractivity contribution in [2.45, 2.75) is 6.42 Å². The third-order valence-corrected chi connectivity index (χ3v) is 2.78. The minimum Gasteiger partial charge on any atom is -0.384 e. The van der Waals surface area contributed by atoms with E-state index in [9.17, 15) is 0 Å². The van der Waals surface area contributed by atoms with Gasteiger partial charge in [-0.1, -0.05) is 18.2 Å². The SMILES string of the molecule is COCCc1ccccc1-n1c(N)n[nH]c1=S. The molecule has 90 valence electrons. The van der Waals surface area contributed by atoms with Crippen LogP contribution in [0.25, 0.3) is 5.69 Å². The molecule has 0 bridgehead atoms. The van der Waals surface area contributed by atoms with Crippen molar-refractivity contribution in [1.29, 1.82) is 0 Å². The van der Waals surface area contributed by atoms with E-state index in [2.05, 4.69) is 10.2 Å². The van der Waals surface area contributed by atoms with Gasteiger partial charge in [-0.05, 0) is 30.3 Å². The van der Waals surface area contributed by atoms with Gasteiger partial charge in [0.2, 0.25) is 10.7 Å². The number of aromatic nitrogens is 3. The molecule has 1 aromatic carbocycles. The van der Waals surface area contributed by atoms with E-state index in [1.54, 1.807) is 11.7 Å². The van der Waals surface area contributed by atoms with Crippen LogP contribution in [-0.4, -0.2) is 28.5 Å². The standard InChI is InChI=1S/C11H14N4OS/c1-16-7-6-8-4-2-3-5-9(8)15-10(12)13-14-11(15)17/h2-5H,6-7H2,1H3,(H2,12,13)(H,14,17). The molecule has 1 aromatic heterocycles. The van der Waals surface area contributed by atoms with Gasteiger partial charge in [0.05, 0.1) is 12.3 Å². The minimum absolute atomic E-state index is 0.361. The van der Waals surface area contributed by atoms with Crippen molar-refractivity contribution < 1.29 is 4.74 Å². The fourth-order valence-corrected chi connectivity index (χ4v) is 1.93. The first kappa shape index (κ1) is 11.8. The van der Waals surface area contributed by atoms with Crippen molar-refractivity contribution in [3.8, 4) is 5.69 Å². The number of methoxy groups -OCH3 is 1. The Hall–Kier alpha value is -1.66. The summed E-state index contributed by atoms with van der Waals surface area (Å²) in [4.78, 5) is 0. The number of ether oxygens (including phenoxy) is 1. The van der Waals surface area contributed by atoms with Gasteiger partial charge in [-0.25, -0.2) is 5.10 Å². The van der Waals surface area contributed by atoms with Crippen molar-refractivity contribution in [3.05, 3.63) is 34.6 Å². The summed E-state index contributed by atoms with van der Waals surface area (Å²) < 4.78 is 7.30. The van der Waals surface area contributed by atoms with Crippen molar-refractivity contribution in [2.24, 2.45) is 0 Å². The van der Waals surface area contributed by atoms with Gasteiger partial charge >= 0.3 is 0 Å². The van der Waals surface area contributed by atoms with Crippen LogP contribution in [-0.2, 0) is 11.2 Å². The summed E-state index contributed by atoms with van der Waals surface area (Å²) >= 11 is 5.16. The average Bonchev–Trinajstić information content (AvgIpc) is 2.67. The molecule has 5 nitrogen and oxygen atoms in total. The summed E-state index contributed by atoms with van der Waals surface area (Å²) in [7, 11) is 1.68. The molecule has 6 heteroatoms. The Morgan fingerprint density at radius 1 is 1.47 bits per heavy atom. The van der Waals surface area contributed by atoms with E-state index in [0.29, 0.717) is 17.3 Å². The highest BCUT2D eigenvalue weighted by Crippen LogP contribution is 2.18. The van der Waals surface area contributed by atoms with Crippen LogP contribution in [0.5, 0.6) is 0 Å². The zero-order chi connectivity index (χ0) is 12.3. The molecule has 0 fully saturated rings. The Kier molecular flexibility index (Phi) is 3.55. The second-order valence-electron chi connectivity index (χ2n) is 3.59. The van der Waals surface area contributed by atoms with Gasteiger partial charge in [0.1, 0.15) is 0 Å². The molecule has 17 heavy (non-hydrogen) atoms. The van der Waals surface area contributed by atoms with E-state index in [4.69, 9.17) is 22.7 Å². The van der Waals surface area contributed by atoms with Crippen molar-refractivity contribution >= 4 is 18.2 Å². The first-order valence-corrected chi connectivity index (χ1v) is 5.65. The molecule has 0 radical (unpaired) electrons. The quantitative estimate of drug-likeness (QED) is 0.810. The minimum atomic E-state index is 0.361. The lowest BCUT2D eigenvalue weighted by Crippen LogP contribution is -2.06. The maximum absolute atomic E-state index is 5.79. The zero-order valence-electron chi connectivity index (χ0n) is 9.51. The Balaban J connectivity index is 2.48. The molecule has 0 saturated heterocycles. The molecule has 1 heterocycles. The van der Waals surface area contributed by atoms with E-state index >= 15 is 0 Å². The maximum atomic E-state index is 5.79. The van der Waals surface area contributed by atoms with Gasteiger partial charge in [0, 0.05) is 7.11 Å². The van der Waals surface area contributed by atoms with E-state index in [1.165, 1.54) is 0 Å². The van der Waals surface area contributed by atoms with Gasteiger partial charge in [0.25, 0.3) is 0 Å². The van der Waals surface area contributed by atoms with Crippen LogP contribution in [0.3, 0.4) is 0 Å². The number of nitrogens with two attached hydrogens (primary N) is 1. The number of nitrogen functional groups attached to an aromatic ring is 1. The number of anilines is 1. The topological polar surface area (TPSA) is 68.9 Å². The lowest BCUT2D eigenvalue weighted by molar-refractivity contribution is 0.202. The summed E-state index contributed by atoms with van der Waals surface area (Å²) in [6, 6.07) is 7.92. The van der Waals surface area contributed by atoms with Crippen LogP contribution >= 0.6 is 12.2 Å². The molecule has 0 spiro atoms. The summed E-state index contributed by atoms with van der Waals surface area (Å²) in [5.41, 5.74) is 7.86. The number of H-pyrrole nitrogens is 1. The zero-order valence-corrected chi connectivity index (χ0v) is 10.3. The normalized spacial score (nSPS) is 10.6. The number of hydrogen-bond donors (Lipinski definition) is 2. The first-order chi connectivity index (χ1) is 8.24. The van der Waals surface area contributed by atoms with Crippen LogP contribution < -0.4 is 5.73 Å². The molecule has 3 N–H and O–H groups in total. The Morgan fingerprint density at radius 2 is 2.24 bits per heavy atom. The summed E-state index contributed by atoms with van der Waals surface area (Å²) in [6.45, 7) is 0.655. The van der Waals surface area contributed by atoms with Crippen LogP contribution in [0.4, 0.5) is 5.95 Å². The van der Waals surface area contributed by atoms with E-state index in [-0.39, 0.29) is 0 Å². The Bertz CT molecular complexity index is 561. The van der Waals surface area contributed by atoms with E-state index in [1.807, 2.05) is 24.3 Å². The Labute approximate surface area is 104 Å². The number of hydrogen-bond acceptors (Lipinski definition) is 4. The molecule has 0 amide bonds. The third kappa shape index (κ3) is 2.37. The van der Waals surface area contributed by atoms with Crippen LogP contribution in [0.15, 0.2) is 24.3 Å². The second kappa shape index (κ2) is 5.11. The molecule has 0 aliphatic carbocycles. The number of nitrogens with zero attached hydrogens (tertiary/aromatic N) is 2. The number of aromatic amines is 1. The summed E-state index contributed by atoms with van der Waals surface area (Å²) in [5, 5.41) is 6.58. The summed E-state index contributed by atoms with van der Waals surface area (Å²) in [5.74, 6) is 0.361. The van der Waals surface area contributed by atoms with E-state index < -0.39 is 0 Å². The lowest BCUT2D eigenvalue weighted by Gasteiger charge is -2.10. The van der Waals surface area contributed by atoms with Gasteiger partial charge in [-0.3, -0.25) is 4.57 Å². The van der Waals surface area contributed by atoms with Gasteiger partial charge < -0.3 is 10.5 Å². The van der Waals surface area contributed by atoms with Gasteiger partial charge in [-0.15, -0.1) is 5.10 Å². The highest BCUT2D eigenvalue weighted by Gasteiger charge is 2.08. The highest BCUT2D eigenvalue weighted by atomic mass is 32.1. The molecule has 2 rings (SSSR count). The average molecular weight is 250 g/mol. The fraction of sp³-hybridized carbons (Fsp3) is 0.273. The number of nitrogens with one attached hydrogen (secondary N) is 1. The lowest BCUT2D eigenvalue weighted by atomic mass is 10.1. The fourth-order valence-electron chi connectivity index (χ4n) is 1.69. The second-order valence-corrected chi connectivity index (χ2v) is 3.98. The van der Waals surface area contributed by atoms with E-state index in [0.717, 1.165) is 17.7 Å². The maximum Gasteiger partial charge on any atom is 0.225 e. The third-order valence-electron chi connectivity index (χ3n) is 2.51. The first-order valence-electron chi connectivity index (χ1n) is 5.24. The van der Waals surface area contributed by atoms with Gasteiger partial charge in [-0.2, -0.15) is 0 Å². The Morgan fingerprint density at radius 3 is 2.88 bits per heavy atom. The largest absolute Gasteiger partial charge is 0.384 e. The van der Waals surface area contributed by atoms with Crippen LogP contribution in [0.2, 0.25) is 0 Å². The van der Waals surface area contributed by atoms with Gasteiger partial charge in [0.15, 0.2) is 0 Å². The predicted octanol–water partition coefficient (Wildman–Crippen LogP) is 1.70. The smallest absolute Gasteiger partial charge is 0.225 e. The molecule has 0 aliphatic heterocycles. The molecule has 0 saturated carbocycles. The van der Waals surface area contributed by atoms with Crippen molar-refractivity contribution in [2.75, 3.05) is 19.5 Å². The molecule has 0 unspecified atom stereocenters. The number of rotatable bonds is 4. The molecular weight excluding hydrogens is 236 g/mol. The molecule has 0 atom stereocenters. The highest BCUT2D eigenvalue weighted by molar-refractivity contribution is 7.71. The number of benzene rings is 1. The van der Waals surface area contributed by atoms with Crippen LogP contribution in [0, 0.1) is 4.77 Å². The summed E-state index contributed by atoms with van der Waals surface area (Å²) in [6.07, 6.45) is 0.805. The molecule has 2 aromatic rings. The van der Waals surface area contributed by atoms with Crippen LogP contribution in [0.1, 0.15) is 5.56 Å².